The van der Waals surface area contributed by atoms with Gasteiger partial charge >= 0.3 is 6.18 Å². The maximum atomic E-state index is 13.6. The lowest BCUT2D eigenvalue weighted by Crippen LogP contribution is -2.29. The fraction of sp³-hybridized carbons (Fsp3) is 0.474. The van der Waals surface area contributed by atoms with Crippen LogP contribution >= 0.6 is 11.6 Å². The molecule has 2 aromatic rings. The Hall–Kier alpha value is -2.76. The van der Waals surface area contributed by atoms with Crippen LogP contribution < -0.4 is 10.6 Å². The molecule has 174 valence electrons. The van der Waals surface area contributed by atoms with Gasteiger partial charge in [-0.3, -0.25) is 19.3 Å². The number of hydrogen-bond acceptors (Lipinski definition) is 4. The third kappa shape index (κ3) is 5.34. The molecule has 0 aliphatic heterocycles. The van der Waals surface area contributed by atoms with Crippen molar-refractivity contribution in [3.63, 3.8) is 0 Å². The number of halogens is 6. The fourth-order valence-electron chi connectivity index (χ4n) is 3.52. The predicted octanol–water partition coefficient (Wildman–Crippen LogP) is 4.39. The van der Waals surface area contributed by atoms with Gasteiger partial charge in [-0.15, -0.1) is 0 Å². The number of hydrogen-bond donors (Lipinski definition) is 2. The monoisotopic (exact) mass is 479 g/mol. The van der Waals surface area contributed by atoms with E-state index < -0.39 is 40.3 Å². The normalized spacial score (nSPS) is 16.6. The third-order valence-corrected chi connectivity index (χ3v) is 5.42. The first-order chi connectivity index (χ1) is 14.9. The number of aromatic nitrogens is 3. The highest BCUT2D eigenvalue weighted by molar-refractivity contribution is 6.31. The summed E-state index contributed by atoms with van der Waals surface area (Å²) in [5.74, 6) is -4.91. The summed E-state index contributed by atoms with van der Waals surface area (Å²) in [6.07, 6.45) is -4.40. The average molecular weight is 480 g/mol. The minimum Gasteiger partial charge on any atom is -0.354 e. The molecule has 1 aliphatic carbocycles. The van der Waals surface area contributed by atoms with Crippen LogP contribution in [0.4, 0.5) is 27.6 Å². The summed E-state index contributed by atoms with van der Waals surface area (Å²) < 4.78 is 68.6. The first-order valence-electron chi connectivity index (χ1n) is 9.62. The van der Waals surface area contributed by atoms with Gasteiger partial charge in [-0.2, -0.15) is 18.3 Å². The maximum absolute atomic E-state index is 13.6. The van der Waals surface area contributed by atoms with E-state index in [0.29, 0.717) is 0 Å². The highest BCUT2D eigenvalue weighted by Crippen LogP contribution is 2.40. The molecule has 0 aromatic carbocycles. The molecule has 1 saturated carbocycles. The Kier molecular flexibility index (Phi) is 6.72. The molecule has 3 rings (SSSR count). The Morgan fingerprint density at radius 3 is 2.50 bits per heavy atom. The standard InChI is InChI=1S/C19H19ClF5N5O2/c1-26-16(31)12-8-11(4-7-27-12)28-17(32)14-13(19(23,24)25)15(20)29-30(14)9-10-2-5-18(21,22)6-3-10/h4,7-8,10H,2-3,5-6,9H2,1H3,(H,26,31)(H,27,28,32). The van der Waals surface area contributed by atoms with Gasteiger partial charge in [0.25, 0.3) is 11.8 Å². The predicted molar refractivity (Wildman–Crippen MR) is 105 cm³/mol. The summed E-state index contributed by atoms with van der Waals surface area (Å²) in [5.41, 5.74) is -2.29. The zero-order chi connectivity index (χ0) is 23.7. The molecule has 2 aromatic heterocycles. The van der Waals surface area contributed by atoms with Crippen molar-refractivity contribution in [2.24, 2.45) is 5.92 Å². The van der Waals surface area contributed by atoms with Gasteiger partial charge in [-0.25, -0.2) is 8.78 Å². The van der Waals surface area contributed by atoms with Crippen molar-refractivity contribution >= 4 is 29.1 Å². The number of anilines is 1. The molecule has 7 nitrogen and oxygen atoms in total. The van der Waals surface area contributed by atoms with Crippen LogP contribution in [0.15, 0.2) is 18.3 Å². The Morgan fingerprint density at radius 2 is 1.91 bits per heavy atom. The molecule has 32 heavy (non-hydrogen) atoms. The van der Waals surface area contributed by atoms with Gasteiger partial charge in [-0.05, 0) is 30.9 Å². The average Bonchev–Trinajstić information content (AvgIpc) is 3.05. The van der Waals surface area contributed by atoms with Crippen molar-refractivity contribution in [3.8, 4) is 0 Å². The van der Waals surface area contributed by atoms with Gasteiger partial charge in [0.05, 0.1) is 0 Å². The van der Waals surface area contributed by atoms with E-state index in [1.54, 1.807) is 0 Å². The second-order valence-corrected chi connectivity index (χ2v) is 7.81. The summed E-state index contributed by atoms with van der Waals surface area (Å²) in [4.78, 5) is 28.4. The van der Waals surface area contributed by atoms with E-state index in [1.165, 1.54) is 25.4 Å². The molecule has 2 amide bonds. The molecule has 0 unspecified atom stereocenters. The van der Waals surface area contributed by atoms with Gasteiger partial charge in [-0.1, -0.05) is 11.6 Å². The van der Waals surface area contributed by atoms with Crippen molar-refractivity contribution < 1.29 is 31.5 Å². The maximum Gasteiger partial charge on any atom is 0.421 e. The molecule has 2 N–H and O–H groups in total. The van der Waals surface area contributed by atoms with Crippen LogP contribution in [0.25, 0.3) is 0 Å². The smallest absolute Gasteiger partial charge is 0.354 e. The van der Waals surface area contributed by atoms with Gasteiger partial charge in [0.2, 0.25) is 5.92 Å². The molecule has 0 atom stereocenters. The third-order valence-electron chi connectivity index (χ3n) is 5.15. The van der Waals surface area contributed by atoms with E-state index >= 15 is 0 Å². The number of amides is 2. The SMILES string of the molecule is CNC(=O)c1cc(NC(=O)c2c(C(F)(F)F)c(Cl)nn2CC2CCC(F)(F)CC2)ccn1. The molecular weight excluding hydrogens is 461 g/mol. The molecule has 0 radical (unpaired) electrons. The Balaban J connectivity index is 1.91. The van der Waals surface area contributed by atoms with Crippen LogP contribution in [0, 0.1) is 5.92 Å². The Bertz CT molecular complexity index is 1010. The minimum atomic E-state index is -4.98. The van der Waals surface area contributed by atoms with E-state index in [9.17, 15) is 31.5 Å². The number of pyridine rings is 1. The van der Waals surface area contributed by atoms with Crippen LogP contribution in [0.5, 0.6) is 0 Å². The van der Waals surface area contributed by atoms with Gasteiger partial charge in [0, 0.05) is 38.3 Å². The molecule has 13 heteroatoms. The number of nitrogens with zero attached hydrogens (tertiary/aromatic N) is 3. The fourth-order valence-corrected chi connectivity index (χ4v) is 3.81. The second kappa shape index (κ2) is 9.00. The first kappa shape index (κ1) is 23.9. The topological polar surface area (TPSA) is 88.9 Å². The van der Waals surface area contributed by atoms with Gasteiger partial charge < -0.3 is 10.6 Å². The van der Waals surface area contributed by atoms with Crippen LogP contribution in [0.1, 0.15) is 52.2 Å². The lowest BCUT2D eigenvalue weighted by molar-refractivity contribution is -0.137. The van der Waals surface area contributed by atoms with Crippen molar-refractivity contribution in [3.05, 3.63) is 40.4 Å². The number of nitrogens with one attached hydrogen (secondary N) is 2. The number of alkyl halides is 5. The van der Waals surface area contributed by atoms with Crippen molar-refractivity contribution in [1.29, 1.82) is 0 Å². The molecule has 1 aliphatic rings. The minimum absolute atomic E-state index is 0.0258. The molecule has 2 heterocycles. The molecule has 1 fully saturated rings. The number of rotatable bonds is 5. The van der Waals surface area contributed by atoms with Gasteiger partial charge in [0.15, 0.2) is 5.15 Å². The van der Waals surface area contributed by atoms with E-state index in [1.807, 2.05) is 0 Å². The van der Waals surface area contributed by atoms with Crippen LogP contribution in [0.2, 0.25) is 5.15 Å². The van der Waals surface area contributed by atoms with E-state index in [0.717, 1.165) is 4.68 Å². The molecule has 0 spiro atoms. The summed E-state index contributed by atoms with van der Waals surface area (Å²) in [5, 5.41) is 7.39. The summed E-state index contributed by atoms with van der Waals surface area (Å²) in [6, 6.07) is 2.48. The van der Waals surface area contributed by atoms with E-state index in [-0.39, 0.29) is 49.5 Å². The van der Waals surface area contributed by atoms with E-state index in [2.05, 4.69) is 20.7 Å². The highest BCUT2D eigenvalue weighted by Gasteiger charge is 2.43. The van der Waals surface area contributed by atoms with Crippen LogP contribution in [0.3, 0.4) is 0 Å². The molecular formula is C19H19ClF5N5O2. The summed E-state index contributed by atoms with van der Waals surface area (Å²) in [7, 11) is 1.37. The van der Waals surface area contributed by atoms with Crippen molar-refractivity contribution in [2.45, 2.75) is 44.3 Å². The largest absolute Gasteiger partial charge is 0.421 e. The van der Waals surface area contributed by atoms with Crippen molar-refractivity contribution in [2.75, 3.05) is 12.4 Å². The zero-order valence-electron chi connectivity index (χ0n) is 16.8. The second-order valence-electron chi connectivity index (χ2n) is 7.46. The zero-order valence-corrected chi connectivity index (χ0v) is 17.5. The number of carbonyl (C=O) groups is 2. The van der Waals surface area contributed by atoms with E-state index in [4.69, 9.17) is 11.6 Å². The first-order valence-corrected chi connectivity index (χ1v) is 10.00. The highest BCUT2D eigenvalue weighted by atomic mass is 35.5. The molecule has 0 bridgehead atoms. The van der Waals surface area contributed by atoms with Crippen LogP contribution in [-0.2, 0) is 12.7 Å². The number of carbonyl (C=O) groups excluding carboxylic acids is 2. The Morgan fingerprint density at radius 1 is 1.25 bits per heavy atom. The quantitative estimate of drug-likeness (QED) is 0.623. The van der Waals surface area contributed by atoms with Gasteiger partial charge in [0.1, 0.15) is 17.0 Å². The molecule has 0 saturated heterocycles. The van der Waals surface area contributed by atoms with Crippen LogP contribution in [-0.4, -0.2) is 39.5 Å². The van der Waals surface area contributed by atoms with Crippen molar-refractivity contribution in [1.82, 2.24) is 20.1 Å². The Labute approximate surface area is 184 Å². The lowest BCUT2D eigenvalue weighted by atomic mass is 9.87. The summed E-state index contributed by atoms with van der Waals surface area (Å²) in [6.45, 7) is -0.172. The summed E-state index contributed by atoms with van der Waals surface area (Å²) >= 11 is 5.72. The lowest BCUT2D eigenvalue weighted by Gasteiger charge is -2.28.